The minimum atomic E-state index is -0.279. The molecule has 1 atom stereocenters. The van der Waals surface area contributed by atoms with E-state index in [2.05, 4.69) is 15.3 Å². The second-order valence-electron chi connectivity index (χ2n) is 6.77. The number of carbonyl (C=O) groups excluding carboxylic acids is 1. The van der Waals surface area contributed by atoms with Gasteiger partial charge in [-0.25, -0.2) is 14.4 Å². The van der Waals surface area contributed by atoms with Crippen LogP contribution >= 0.6 is 0 Å². The third-order valence-electron chi connectivity index (χ3n) is 5.03. The van der Waals surface area contributed by atoms with E-state index in [-0.39, 0.29) is 17.8 Å². The number of nitrogens with zero attached hydrogens (tertiary/aromatic N) is 3. The maximum Gasteiger partial charge on any atom is 0.227 e. The fourth-order valence-electron chi connectivity index (χ4n) is 3.67. The van der Waals surface area contributed by atoms with Gasteiger partial charge in [0.1, 0.15) is 18.0 Å². The maximum absolute atomic E-state index is 13.0. The van der Waals surface area contributed by atoms with Gasteiger partial charge in [0.25, 0.3) is 0 Å². The van der Waals surface area contributed by atoms with E-state index >= 15 is 0 Å². The van der Waals surface area contributed by atoms with Crippen LogP contribution in [0.2, 0.25) is 0 Å². The number of hydrogen-bond donors (Lipinski definition) is 1. The molecule has 1 N–H and O–H groups in total. The number of nitrogens with one attached hydrogen (secondary N) is 1. The topological polar surface area (TPSA) is 58.1 Å². The van der Waals surface area contributed by atoms with E-state index in [4.69, 9.17) is 0 Å². The van der Waals surface area contributed by atoms with E-state index in [1.54, 1.807) is 18.5 Å². The molecule has 4 rings (SSSR count). The molecule has 2 aromatic rings. The molecule has 0 spiro atoms. The average molecular weight is 340 g/mol. The molecule has 6 heteroatoms. The molecule has 2 aliphatic rings. The Kier molecular flexibility index (Phi) is 4.34. The number of anilines is 1. The number of benzene rings is 1. The number of carbonyl (C=O) groups is 1. The largest absolute Gasteiger partial charge is 0.365 e. The molecule has 5 nitrogen and oxygen atoms in total. The van der Waals surface area contributed by atoms with Crippen molar-refractivity contribution in [3.05, 3.63) is 53.2 Å². The average Bonchev–Trinajstić information content (AvgIpc) is 3.26. The number of hydrogen-bond acceptors (Lipinski definition) is 4. The van der Waals surface area contributed by atoms with E-state index < -0.39 is 0 Å². The highest BCUT2D eigenvalue weighted by molar-refractivity contribution is 5.79. The summed E-state index contributed by atoms with van der Waals surface area (Å²) in [6.07, 6.45) is 6.04. The van der Waals surface area contributed by atoms with Crippen LogP contribution in [-0.2, 0) is 24.1 Å². The van der Waals surface area contributed by atoms with Crippen LogP contribution in [-0.4, -0.2) is 39.9 Å². The second-order valence-corrected chi connectivity index (χ2v) is 6.77. The van der Waals surface area contributed by atoms with Crippen LogP contribution in [0, 0.1) is 5.82 Å². The Hall–Kier alpha value is -2.50. The number of amides is 1. The quantitative estimate of drug-likeness (QED) is 0.928. The van der Waals surface area contributed by atoms with Gasteiger partial charge in [0.05, 0.1) is 6.42 Å². The molecule has 0 saturated carbocycles. The van der Waals surface area contributed by atoms with E-state index in [9.17, 15) is 9.18 Å². The summed E-state index contributed by atoms with van der Waals surface area (Å²) in [5, 5.41) is 3.50. The van der Waals surface area contributed by atoms with Gasteiger partial charge in [0, 0.05) is 30.4 Å². The van der Waals surface area contributed by atoms with Crippen molar-refractivity contribution in [2.45, 2.75) is 38.1 Å². The monoisotopic (exact) mass is 340 g/mol. The van der Waals surface area contributed by atoms with Crippen molar-refractivity contribution >= 4 is 11.7 Å². The lowest BCUT2D eigenvalue weighted by Crippen LogP contribution is -2.33. The number of aryl methyl sites for hydroxylation is 1. The molecule has 1 fully saturated rings. The first kappa shape index (κ1) is 16.0. The zero-order valence-electron chi connectivity index (χ0n) is 14.0. The van der Waals surface area contributed by atoms with Gasteiger partial charge in [-0.15, -0.1) is 0 Å². The predicted octanol–water partition coefficient (Wildman–Crippen LogP) is 2.36. The molecule has 25 heavy (non-hydrogen) atoms. The Balaban J connectivity index is 1.36. The van der Waals surface area contributed by atoms with E-state index in [0.29, 0.717) is 13.0 Å². The third kappa shape index (κ3) is 3.48. The normalized spacial score (nSPS) is 19.1. The van der Waals surface area contributed by atoms with Crippen LogP contribution in [0.25, 0.3) is 0 Å². The molecule has 1 amide bonds. The number of halogens is 1. The second kappa shape index (κ2) is 6.78. The van der Waals surface area contributed by atoms with Crippen LogP contribution in [0.1, 0.15) is 29.7 Å². The molecule has 1 aromatic heterocycles. The summed E-state index contributed by atoms with van der Waals surface area (Å²) in [5.41, 5.74) is 3.23. The molecule has 2 heterocycles. The number of aromatic nitrogens is 2. The van der Waals surface area contributed by atoms with Crippen LogP contribution in [0.15, 0.2) is 30.6 Å². The fraction of sp³-hybridized carbons (Fsp3) is 0.421. The molecule has 1 aliphatic heterocycles. The van der Waals surface area contributed by atoms with Crippen LogP contribution in [0.5, 0.6) is 0 Å². The highest BCUT2D eigenvalue weighted by atomic mass is 19.1. The van der Waals surface area contributed by atoms with Crippen molar-refractivity contribution in [3.8, 4) is 0 Å². The van der Waals surface area contributed by atoms with Crippen molar-refractivity contribution < 1.29 is 9.18 Å². The lowest BCUT2D eigenvalue weighted by atomic mass is 10.1. The first-order chi connectivity index (χ1) is 12.2. The Morgan fingerprint density at radius 1 is 1.24 bits per heavy atom. The van der Waals surface area contributed by atoms with Crippen LogP contribution < -0.4 is 5.32 Å². The molecular formula is C19H21FN4O. The molecular weight excluding hydrogens is 319 g/mol. The minimum absolute atomic E-state index is 0.0869. The lowest BCUT2D eigenvalue weighted by molar-refractivity contribution is -0.129. The van der Waals surface area contributed by atoms with Crippen LogP contribution in [0.4, 0.5) is 10.2 Å². The van der Waals surface area contributed by atoms with Gasteiger partial charge in [0.2, 0.25) is 5.91 Å². The predicted molar refractivity (Wildman–Crippen MR) is 92.8 cm³/mol. The number of fused-ring (bicyclic) bond motifs is 1. The molecule has 130 valence electrons. The number of rotatable bonds is 4. The highest BCUT2D eigenvalue weighted by Gasteiger charge is 2.27. The van der Waals surface area contributed by atoms with Gasteiger partial charge in [-0.2, -0.15) is 0 Å². The lowest BCUT2D eigenvalue weighted by Gasteiger charge is -2.18. The van der Waals surface area contributed by atoms with Gasteiger partial charge < -0.3 is 10.2 Å². The summed E-state index contributed by atoms with van der Waals surface area (Å²) in [6.45, 7) is 1.42. The Bertz CT molecular complexity index is 777. The molecule has 1 aromatic carbocycles. The minimum Gasteiger partial charge on any atom is -0.365 e. The van der Waals surface area contributed by atoms with E-state index in [0.717, 1.165) is 49.3 Å². The summed E-state index contributed by atoms with van der Waals surface area (Å²) < 4.78 is 13.0. The Morgan fingerprint density at radius 3 is 2.92 bits per heavy atom. The van der Waals surface area contributed by atoms with Crippen LogP contribution in [0.3, 0.4) is 0 Å². The fourth-order valence-corrected chi connectivity index (χ4v) is 3.67. The zero-order chi connectivity index (χ0) is 17.2. The van der Waals surface area contributed by atoms with Crippen molar-refractivity contribution in [2.24, 2.45) is 0 Å². The third-order valence-corrected chi connectivity index (χ3v) is 5.03. The summed E-state index contributed by atoms with van der Waals surface area (Å²) in [6, 6.07) is 6.35. The number of likely N-dealkylation sites (tertiary alicyclic amines) is 1. The van der Waals surface area contributed by atoms with Crippen molar-refractivity contribution in [3.63, 3.8) is 0 Å². The molecule has 0 radical (unpaired) electrons. The smallest absolute Gasteiger partial charge is 0.227 e. The Labute approximate surface area is 146 Å². The first-order valence-electron chi connectivity index (χ1n) is 8.80. The van der Waals surface area contributed by atoms with Gasteiger partial charge in [0.15, 0.2) is 0 Å². The highest BCUT2D eigenvalue weighted by Crippen LogP contribution is 2.26. The van der Waals surface area contributed by atoms with Gasteiger partial charge in [-0.05, 0) is 43.4 Å². The van der Waals surface area contributed by atoms with Crippen molar-refractivity contribution in [1.82, 2.24) is 14.9 Å². The van der Waals surface area contributed by atoms with Gasteiger partial charge in [-0.1, -0.05) is 12.1 Å². The SMILES string of the molecule is O=C(Cc1ccc(F)cc1)N1CC[C@H](Nc2ncnc3c2CCC3)C1. The molecule has 0 bridgehead atoms. The first-order valence-corrected chi connectivity index (χ1v) is 8.80. The molecule has 1 aliphatic carbocycles. The van der Waals surface area contributed by atoms with Gasteiger partial charge >= 0.3 is 0 Å². The van der Waals surface area contributed by atoms with E-state index in [1.807, 2.05) is 4.90 Å². The zero-order valence-corrected chi connectivity index (χ0v) is 14.0. The van der Waals surface area contributed by atoms with E-state index in [1.165, 1.54) is 17.7 Å². The molecule has 0 unspecified atom stereocenters. The van der Waals surface area contributed by atoms with Gasteiger partial charge in [-0.3, -0.25) is 4.79 Å². The summed E-state index contributed by atoms with van der Waals surface area (Å²) in [7, 11) is 0. The Morgan fingerprint density at radius 2 is 2.08 bits per heavy atom. The molecule has 1 saturated heterocycles. The summed E-state index contributed by atoms with van der Waals surface area (Å²) in [5.74, 6) is 0.739. The van der Waals surface area contributed by atoms with Crippen molar-refractivity contribution in [2.75, 3.05) is 18.4 Å². The maximum atomic E-state index is 13.0. The summed E-state index contributed by atoms with van der Waals surface area (Å²) >= 11 is 0. The summed E-state index contributed by atoms with van der Waals surface area (Å²) in [4.78, 5) is 23.1. The standard InChI is InChI=1S/C19H21FN4O/c20-14-6-4-13(5-7-14)10-18(25)24-9-8-15(11-24)23-19-16-2-1-3-17(16)21-12-22-19/h4-7,12,15H,1-3,8-11H2,(H,21,22,23)/t15-/m0/s1. The van der Waals surface area contributed by atoms with Crippen molar-refractivity contribution in [1.29, 1.82) is 0 Å².